The Labute approximate surface area is 117 Å². The van der Waals surface area contributed by atoms with E-state index in [0.717, 1.165) is 11.1 Å². The van der Waals surface area contributed by atoms with Crippen LogP contribution in [-0.2, 0) is 12.2 Å². The van der Waals surface area contributed by atoms with Gasteiger partial charge in [0.2, 0.25) is 0 Å². The van der Waals surface area contributed by atoms with Crippen LogP contribution in [0.1, 0.15) is 16.7 Å². The maximum atomic E-state index is 13.7. The van der Waals surface area contributed by atoms with Gasteiger partial charge in [-0.3, -0.25) is 0 Å². The number of hydrogen-bond acceptors (Lipinski definition) is 3. The first-order valence-electron chi connectivity index (χ1n) is 5.89. The van der Waals surface area contributed by atoms with Gasteiger partial charge in [0.15, 0.2) is 0 Å². The minimum atomic E-state index is -0.280. The number of thiol groups is 1. The van der Waals surface area contributed by atoms with E-state index in [1.807, 2.05) is 36.4 Å². The number of oxime groups is 1. The van der Waals surface area contributed by atoms with Crippen molar-refractivity contribution < 1.29 is 9.60 Å². The van der Waals surface area contributed by atoms with E-state index in [2.05, 4.69) is 17.8 Å². The molecule has 0 aliphatic heterocycles. The highest BCUT2D eigenvalue weighted by Crippen LogP contribution is 2.15. The van der Waals surface area contributed by atoms with E-state index in [4.69, 9.17) is 5.21 Å². The summed E-state index contributed by atoms with van der Waals surface area (Å²) in [4.78, 5) is 0. The summed E-state index contributed by atoms with van der Waals surface area (Å²) in [6.07, 6.45) is 0.379. The summed E-state index contributed by atoms with van der Waals surface area (Å²) >= 11 is 4.06. The van der Waals surface area contributed by atoms with Crippen molar-refractivity contribution in [1.29, 1.82) is 0 Å². The van der Waals surface area contributed by atoms with Crippen LogP contribution in [0.25, 0.3) is 0 Å². The van der Waals surface area contributed by atoms with Gasteiger partial charge < -0.3 is 5.21 Å². The van der Waals surface area contributed by atoms with E-state index in [1.165, 1.54) is 6.07 Å². The molecular weight excluding hydrogens is 261 g/mol. The van der Waals surface area contributed by atoms with E-state index >= 15 is 0 Å². The van der Waals surface area contributed by atoms with Crippen molar-refractivity contribution >= 4 is 18.3 Å². The highest BCUT2D eigenvalue weighted by atomic mass is 32.1. The fourth-order valence-electron chi connectivity index (χ4n) is 1.85. The molecule has 0 atom stereocenters. The van der Waals surface area contributed by atoms with Crippen LogP contribution in [0.15, 0.2) is 53.7 Å². The zero-order valence-electron chi connectivity index (χ0n) is 10.3. The van der Waals surface area contributed by atoms with Crippen LogP contribution in [0.3, 0.4) is 0 Å². The van der Waals surface area contributed by atoms with Crippen molar-refractivity contribution in [3.05, 3.63) is 71.0 Å². The molecule has 2 aromatic rings. The predicted molar refractivity (Wildman–Crippen MR) is 77.6 cm³/mol. The molecule has 0 saturated carbocycles. The number of hydrogen-bond donors (Lipinski definition) is 2. The summed E-state index contributed by atoms with van der Waals surface area (Å²) in [5, 5.41) is 12.4. The van der Waals surface area contributed by atoms with Crippen LogP contribution in [0.4, 0.5) is 4.39 Å². The Morgan fingerprint density at radius 2 is 1.89 bits per heavy atom. The van der Waals surface area contributed by atoms with Crippen molar-refractivity contribution in [2.45, 2.75) is 12.2 Å². The van der Waals surface area contributed by atoms with Gasteiger partial charge in [-0.05, 0) is 22.8 Å². The summed E-state index contributed by atoms with van der Waals surface area (Å²) in [5.41, 5.74) is 2.66. The summed E-state index contributed by atoms with van der Waals surface area (Å²) in [6, 6.07) is 14.3. The molecular formula is C15H14FNOS. The molecule has 0 fully saturated rings. The second-order valence-electron chi connectivity index (χ2n) is 4.17. The molecule has 0 bridgehead atoms. The van der Waals surface area contributed by atoms with Crippen molar-refractivity contribution in [1.82, 2.24) is 0 Å². The van der Waals surface area contributed by atoms with Gasteiger partial charge in [-0.2, -0.15) is 12.6 Å². The van der Waals surface area contributed by atoms with E-state index < -0.39 is 0 Å². The van der Waals surface area contributed by atoms with Crippen LogP contribution in [0.5, 0.6) is 0 Å². The average molecular weight is 275 g/mol. The second-order valence-corrected chi connectivity index (χ2v) is 4.49. The maximum absolute atomic E-state index is 13.7. The summed E-state index contributed by atoms with van der Waals surface area (Å²) in [5.74, 6) is 0.0870. The average Bonchev–Trinajstić information content (AvgIpc) is 2.46. The molecule has 0 radical (unpaired) electrons. The van der Waals surface area contributed by atoms with Crippen molar-refractivity contribution in [3.8, 4) is 0 Å². The van der Waals surface area contributed by atoms with E-state index in [0.29, 0.717) is 23.4 Å². The number of rotatable bonds is 4. The Hall–Kier alpha value is -1.81. The minimum Gasteiger partial charge on any atom is -0.411 e. The quantitative estimate of drug-likeness (QED) is 0.379. The second kappa shape index (κ2) is 6.38. The first-order valence-corrected chi connectivity index (χ1v) is 6.52. The van der Waals surface area contributed by atoms with Crippen LogP contribution in [0, 0.1) is 5.82 Å². The molecule has 19 heavy (non-hydrogen) atoms. The summed E-state index contributed by atoms with van der Waals surface area (Å²) in [6.45, 7) is 0. The lowest BCUT2D eigenvalue weighted by atomic mass is 10.0. The molecule has 0 amide bonds. The van der Waals surface area contributed by atoms with E-state index in [9.17, 15) is 4.39 Å². The smallest absolute Gasteiger partial charge is 0.127 e. The molecule has 0 spiro atoms. The maximum Gasteiger partial charge on any atom is 0.127 e. The third-order valence-corrected chi connectivity index (χ3v) is 3.23. The number of nitrogens with zero attached hydrogens (tertiary/aromatic N) is 1. The molecule has 2 aromatic carbocycles. The molecule has 0 unspecified atom stereocenters. The van der Waals surface area contributed by atoms with Gasteiger partial charge in [-0.25, -0.2) is 4.39 Å². The molecule has 0 aliphatic carbocycles. The highest BCUT2D eigenvalue weighted by molar-refractivity contribution is 7.79. The lowest BCUT2D eigenvalue weighted by Crippen LogP contribution is -2.06. The lowest BCUT2D eigenvalue weighted by molar-refractivity contribution is 0.318. The molecule has 0 heterocycles. The van der Waals surface area contributed by atoms with E-state index in [1.54, 1.807) is 6.07 Å². The third-order valence-electron chi connectivity index (χ3n) is 2.89. The summed E-state index contributed by atoms with van der Waals surface area (Å²) < 4.78 is 13.7. The van der Waals surface area contributed by atoms with Crippen LogP contribution in [-0.4, -0.2) is 10.9 Å². The molecule has 4 heteroatoms. The Morgan fingerprint density at radius 1 is 1.16 bits per heavy atom. The zero-order chi connectivity index (χ0) is 13.7. The van der Waals surface area contributed by atoms with Gasteiger partial charge in [-0.15, -0.1) is 0 Å². The van der Waals surface area contributed by atoms with Crippen LogP contribution < -0.4 is 0 Å². The first kappa shape index (κ1) is 13.6. The van der Waals surface area contributed by atoms with Gasteiger partial charge in [0.1, 0.15) is 5.82 Å². The fourth-order valence-corrected chi connectivity index (χ4v) is 2.10. The normalized spacial score (nSPS) is 11.6. The van der Waals surface area contributed by atoms with Crippen LogP contribution in [0.2, 0.25) is 0 Å². The van der Waals surface area contributed by atoms with Crippen LogP contribution >= 0.6 is 12.6 Å². The van der Waals surface area contributed by atoms with Gasteiger partial charge in [0.05, 0.1) is 5.71 Å². The zero-order valence-corrected chi connectivity index (χ0v) is 11.1. The summed E-state index contributed by atoms with van der Waals surface area (Å²) in [7, 11) is 0. The van der Waals surface area contributed by atoms with Gasteiger partial charge in [-0.1, -0.05) is 47.6 Å². The Bertz CT molecular complexity index is 584. The number of benzene rings is 2. The molecule has 2 nitrogen and oxygen atoms in total. The lowest BCUT2D eigenvalue weighted by Gasteiger charge is -2.06. The van der Waals surface area contributed by atoms with Gasteiger partial charge >= 0.3 is 0 Å². The van der Waals surface area contributed by atoms with E-state index in [-0.39, 0.29) is 5.82 Å². The topological polar surface area (TPSA) is 32.6 Å². The first-order chi connectivity index (χ1) is 9.24. The van der Waals surface area contributed by atoms with Crippen molar-refractivity contribution in [2.24, 2.45) is 5.16 Å². The number of halogens is 1. The van der Waals surface area contributed by atoms with Crippen molar-refractivity contribution in [3.63, 3.8) is 0 Å². The largest absolute Gasteiger partial charge is 0.411 e. The Kier molecular flexibility index (Phi) is 4.58. The molecule has 0 saturated heterocycles. The standard InChI is InChI=1S/C15H14FNOS/c16-14-8-11(6-7-13(14)10-19)9-15(17-18)12-4-2-1-3-5-12/h1-8,18-19H,9-10H2. The molecule has 0 aliphatic rings. The van der Waals surface area contributed by atoms with Gasteiger partial charge in [0, 0.05) is 12.2 Å². The van der Waals surface area contributed by atoms with Gasteiger partial charge in [0.25, 0.3) is 0 Å². The Balaban J connectivity index is 2.23. The third kappa shape index (κ3) is 3.35. The minimum absolute atomic E-state index is 0.280. The molecule has 98 valence electrons. The van der Waals surface area contributed by atoms with Crippen molar-refractivity contribution in [2.75, 3.05) is 0 Å². The molecule has 2 rings (SSSR count). The monoisotopic (exact) mass is 275 g/mol. The highest BCUT2D eigenvalue weighted by Gasteiger charge is 2.08. The SMILES string of the molecule is ON=C(Cc1ccc(CS)c(F)c1)c1ccccc1. The molecule has 1 N–H and O–H groups in total. The Morgan fingerprint density at radius 3 is 2.47 bits per heavy atom. The fraction of sp³-hybridized carbons (Fsp3) is 0.133. The predicted octanol–water partition coefficient (Wildman–Crippen LogP) is 3.68. The molecule has 0 aromatic heterocycles.